The molecule has 10 heteroatoms. The minimum absolute atomic E-state index is 0.0207. The van der Waals surface area contributed by atoms with E-state index < -0.39 is 55.2 Å². The predicted octanol–water partition coefficient (Wildman–Crippen LogP) is -2.05. The van der Waals surface area contributed by atoms with Gasteiger partial charge in [-0.25, -0.2) is 0 Å². The fourth-order valence-electron chi connectivity index (χ4n) is 2.19. The standard InChI is InChI=1S/C18H29BN4O5/c1-3-5-6-11(4-2)9-13(21)18(28)23-14(10-24)16(26)19-15(25)8-7-12(20)17(22)27/h3-6,12-14,19,24H,1,7-10,20-21H2,2H3,(H2,22,27)(H,23,28)/b6-5-,11-4+. The Morgan fingerprint density at radius 1 is 1.21 bits per heavy atom. The lowest BCUT2D eigenvalue weighted by atomic mass is 9.64. The molecule has 3 atom stereocenters. The molecule has 0 aromatic rings. The predicted molar refractivity (Wildman–Crippen MR) is 108 cm³/mol. The van der Waals surface area contributed by atoms with Gasteiger partial charge in [0.05, 0.1) is 24.4 Å². The highest BCUT2D eigenvalue weighted by Gasteiger charge is 2.26. The Balaban J connectivity index is 4.68. The minimum Gasteiger partial charge on any atom is -0.394 e. The van der Waals surface area contributed by atoms with Crippen LogP contribution in [0.2, 0.25) is 0 Å². The van der Waals surface area contributed by atoms with Crippen LogP contribution < -0.4 is 22.5 Å². The number of hydrogen-bond donors (Lipinski definition) is 5. The van der Waals surface area contributed by atoms with Crippen LogP contribution in [-0.2, 0) is 19.2 Å². The van der Waals surface area contributed by atoms with Crippen molar-refractivity contribution in [2.45, 2.75) is 44.3 Å². The van der Waals surface area contributed by atoms with E-state index >= 15 is 0 Å². The van der Waals surface area contributed by atoms with Crippen molar-refractivity contribution >= 4 is 30.5 Å². The number of carbonyl (C=O) groups is 4. The lowest BCUT2D eigenvalue weighted by molar-refractivity contribution is -0.127. The van der Waals surface area contributed by atoms with E-state index in [-0.39, 0.29) is 19.3 Å². The molecule has 0 fully saturated rings. The van der Waals surface area contributed by atoms with E-state index in [1.807, 2.05) is 0 Å². The molecule has 0 rings (SSSR count). The summed E-state index contributed by atoms with van der Waals surface area (Å²) >= 11 is 0. The van der Waals surface area contributed by atoms with Gasteiger partial charge in [0.15, 0.2) is 0 Å². The van der Waals surface area contributed by atoms with Crippen LogP contribution in [0.25, 0.3) is 0 Å². The summed E-state index contributed by atoms with van der Waals surface area (Å²) in [5, 5.41) is 11.7. The first kappa shape index (κ1) is 25.4. The van der Waals surface area contributed by atoms with Gasteiger partial charge in [-0.3, -0.25) is 9.59 Å². The largest absolute Gasteiger partial charge is 0.394 e. The van der Waals surface area contributed by atoms with E-state index in [9.17, 15) is 24.3 Å². The smallest absolute Gasteiger partial charge is 0.288 e. The van der Waals surface area contributed by atoms with Crippen LogP contribution in [0.15, 0.2) is 36.5 Å². The van der Waals surface area contributed by atoms with E-state index in [0.29, 0.717) is 0 Å². The molecule has 0 saturated carbocycles. The summed E-state index contributed by atoms with van der Waals surface area (Å²) in [6.45, 7) is 4.69. The summed E-state index contributed by atoms with van der Waals surface area (Å²) in [7, 11) is -0.506. The average molecular weight is 392 g/mol. The maximum atomic E-state index is 12.2. The van der Waals surface area contributed by atoms with Crippen LogP contribution in [0, 0.1) is 0 Å². The second-order valence-corrected chi connectivity index (χ2v) is 6.24. The zero-order valence-corrected chi connectivity index (χ0v) is 16.1. The first-order valence-electron chi connectivity index (χ1n) is 8.86. The maximum Gasteiger partial charge on any atom is 0.288 e. The number of nitrogens with two attached hydrogens (primary N) is 3. The molecule has 2 amide bonds. The first-order chi connectivity index (χ1) is 13.2. The number of nitrogens with one attached hydrogen (secondary N) is 1. The third-order valence-electron chi connectivity index (χ3n) is 3.97. The van der Waals surface area contributed by atoms with Crippen molar-refractivity contribution in [2.24, 2.45) is 17.2 Å². The van der Waals surface area contributed by atoms with Crippen LogP contribution in [0.5, 0.6) is 0 Å². The van der Waals surface area contributed by atoms with Crippen LogP contribution in [0.4, 0.5) is 0 Å². The minimum atomic E-state index is -1.25. The molecule has 0 aromatic heterocycles. The molecule has 0 aliphatic heterocycles. The molecule has 28 heavy (non-hydrogen) atoms. The number of allylic oxidation sites excluding steroid dienone is 4. The lowest BCUT2D eigenvalue weighted by Gasteiger charge is -2.18. The number of aliphatic hydroxyl groups is 1. The molecule has 154 valence electrons. The highest BCUT2D eigenvalue weighted by atomic mass is 16.3. The van der Waals surface area contributed by atoms with Gasteiger partial charge in [-0.2, -0.15) is 0 Å². The first-order valence-corrected chi connectivity index (χ1v) is 8.86. The molecule has 0 aliphatic carbocycles. The SMILES string of the molecule is C=C/C=C\C(=C/C)CC(N)C(=O)NC(CO)C(=O)BC(=O)CCC(N)C(N)=O. The Morgan fingerprint density at radius 2 is 1.86 bits per heavy atom. The van der Waals surface area contributed by atoms with Crippen LogP contribution >= 0.6 is 0 Å². The normalized spacial score (nSPS) is 14.8. The quantitative estimate of drug-likeness (QED) is 0.167. The molecule has 0 bridgehead atoms. The monoisotopic (exact) mass is 392 g/mol. The number of hydrogen-bond acceptors (Lipinski definition) is 7. The van der Waals surface area contributed by atoms with Crippen molar-refractivity contribution in [3.63, 3.8) is 0 Å². The van der Waals surface area contributed by atoms with Crippen molar-refractivity contribution in [3.05, 3.63) is 36.5 Å². The molecule has 0 radical (unpaired) electrons. The molecule has 0 spiro atoms. The van der Waals surface area contributed by atoms with Crippen molar-refractivity contribution in [3.8, 4) is 0 Å². The molecule has 0 aromatic carbocycles. The fourth-order valence-corrected chi connectivity index (χ4v) is 2.19. The second kappa shape index (κ2) is 13.6. The third kappa shape index (κ3) is 9.95. The van der Waals surface area contributed by atoms with Crippen molar-refractivity contribution < 1.29 is 24.3 Å². The summed E-state index contributed by atoms with van der Waals surface area (Å²) in [5.74, 6) is -1.36. The summed E-state index contributed by atoms with van der Waals surface area (Å²) in [4.78, 5) is 47.0. The summed E-state index contributed by atoms with van der Waals surface area (Å²) in [5.41, 5.74) is 16.0. The van der Waals surface area contributed by atoms with Gasteiger partial charge in [0.1, 0.15) is 11.7 Å². The highest BCUT2D eigenvalue weighted by molar-refractivity contribution is 6.97. The number of amides is 2. The Hall–Kier alpha value is -2.56. The van der Waals surface area contributed by atoms with Gasteiger partial charge in [-0.05, 0) is 26.2 Å². The maximum absolute atomic E-state index is 12.2. The van der Waals surface area contributed by atoms with Crippen molar-refractivity contribution in [1.82, 2.24) is 5.32 Å². The van der Waals surface area contributed by atoms with Gasteiger partial charge >= 0.3 is 0 Å². The Bertz CT molecular complexity index is 648. The molecule has 3 unspecified atom stereocenters. The number of aliphatic hydroxyl groups excluding tert-OH is 1. The number of rotatable bonds is 14. The van der Waals surface area contributed by atoms with E-state index in [1.165, 1.54) is 0 Å². The summed E-state index contributed by atoms with van der Waals surface area (Å²) in [6, 6.07) is -3.15. The van der Waals surface area contributed by atoms with Crippen LogP contribution in [-0.4, -0.2) is 60.3 Å². The Morgan fingerprint density at radius 3 is 2.36 bits per heavy atom. The molecule has 0 aliphatic rings. The molecule has 9 nitrogen and oxygen atoms in total. The average Bonchev–Trinajstić information content (AvgIpc) is 2.66. The summed E-state index contributed by atoms with van der Waals surface area (Å²) in [6.07, 6.45) is 6.97. The second-order valence-electron chi connectivity index (χ2n) is 6.24. The number of carbonyl (C=O) groups excluding carboxylic acids is 4. The van der Waals surface area contributed by atoms with Crippen LogP contribution in [0.1, 0.15) is 26.2 Å². The number of primary amides is 1. The van der Waals surface area contributed by atoms with Gasteiger partial charge in [0.2, 0.25) is 11.8 Å². The fraction of sp³-hybridized carbons (Fsp3) is 0.444. The zero-order valence-electron chi connectivity index (χ0n) is 16.1. The Kier molecular flexibility index (Phi) is 12.3. The van der Waals surface area contributed by atoms with E-state index in [4.69, 9.17) is 17.2 Å². The molecular formula is C18H29BN4O5. The van der Waals surface area contributed by atoms with Gasteiger partial charge in [0.25, 0.3) is 7.28 Å². The third-order valence-corrected chi connectivity index (χ3v) is 3.97. The molecular weight excluding hydrogens is 363 g/mol. The van der Waals surface area contributed by atoms with E-state index in [0.717, 1.165) is 5.57 Å². The molecule has 0 saturated heterocycles. The Labute approximate surface area is 165 Å². The van der Waals surface area contributed by atoms with E-state index in [2.05, 4.69) is 11.9 Å². The van der Waals surface area contributed by atoms with Gasteiger partial charge < -0.3 is 37.2 Å². The topological polar surface area (TPSA) is 179 Å². The van der Waals surface area contributed by atoms with Gasteiger partial charge in [-0.1, -0.05) is 36.5 Å². The van der Waals surface area contributed by atoms with Gasteiger partial charge in [-0.15, -0.1) is 0 Å². The highest BCUT2D eigenvalue weighted by Crippen LogP contribution is 2.07. The van der Waals surface area contributed by atoms with E-state index in [1.54, 1.807) is 31.2 Å². The lowest BCUT2D eigenvalue weighted by Crippen LogP contribution is -2.52. The summed E-state index contributed by atoms with van der Waals surface area (Å²) < 4.78 is 0. The van der Waals surface area contributed by atoms with Gasteiger partial charge in [0, 0.05) is 0 Å². The van der Waals surface area contributed by atoms with Crippen molar-refractivity contribution in [1.29, 1.82) is 0 Å². The molecule has 8 N–H and O–H groups in total. The van der Waals surface area contributed by atoms with Crippen molar-refractivity contribution in [2.75, 3.05) is 6.61 Å². The molecule has 0 heterocycles. The van der Waals surface area contributed by atoms with Crippen LogP contribution in [0.3, 0.4) is 0 Å². The zero-order chi connectivity index (χ0) is 21.7.